The maximum atomic E-state index is 13.1. The van der Waals surface area contributed by atoms with E-state index in [1.54, 1.807) is 16.5 Å². The summed E-state index contributed by atoms with van der Waals surface area (Å²) in [6.07, 6.45) is 0.493. The summed E-state index contributed by atoms with van der Waals surface area (Å²) >= 11 is 0. The van der Waals surface area contributed by atoms with Crippen LogP contribution in [0.5, 0.6) is 0 Å². The molecular weight excluding hydrogens is 231 g/mol. The molecule has 2 aromatic heterocycles. The lowest BCUT2D eigenvalue weighted by Gasteiger charge is -2.03. The molecule has 0 amide bonds. The van der Waals surface area contributed by atoms with E-state index in [9.17, 15) is 4.39 Å². The third kappa shape index (κ3) is 1.79. The zero-order valence-corrected chi connectivity index (χ0v) is 9.55. The first-order chi connectivity index (χ1) is 8.74. The van der Waals surface area contributed by atoms with Crippen molar-refractivity contribution in [3.8, 4) is 0 Å². The summed E-state index contributed by atoms with van der Waals surface area (Å²) in [5, 5.41) is 8.13. The second-order valence-electron chi connectivity index (χ2n) is 4.07. The van der Waals surface area contributed by atoms with E-state index >= 15 is 0 Å². The van der Waals surface area contributed by atoms with E-state index in [2.05, 4.69) is 10.2 Å². The van der Waals surface area contributed by atoms with Crippen molar-refractivity contribution in [1.82, 2.24) is 14.6 Å². The highest BCUT2D eigenvalue weighted by molar-refractivity contribution is 5.48. The van der Waals surface area contributed by atoms with Gasteiger partial charge in [0.2, 0.25) is 0 Å². The smallest absolute Gasteiger partial charge is 0.162 e. The Bertz CT molecular complexity index is 705. The first-order valence-electron chi connectivity index (χ1n) is 5.57. The van der Waals surface area contributed by atoms with Crippen LogP contribution in [0.25, 0.3) is 5.65 Å². The quantitative estimate of drug-likeness (QED) is 0.748. The predicted molar refractivity (Wildman–Crippen MR) is 66.6 cm³/mol. The van der Waals surface area contributed by atoms with Crippen LogP contribution < -0.4 is 5.73 Å². The van der Waals surface area contributed by atoms with Crippen molar-refractivity contribution in [2.24, 2.45) is 0 Å². The van der Waals surface area contributed by atoms with Gasteiger partial charge in [-0.1, -0.05) is 18.2 Å². The Balaban J connectivity index is 2.05. The summed E-state index contributed by atoms with van der Waals surface area (Å²) in [6, 6.07) is 11.9. The molecule has 0 saturated heterocycles. The molecule has 4 nitrogen and oxygen atoms in total. The van der Waals surface area contributed by atoms with E-state index in [-0.39, 0.29) is 5.82 Å². The minimum atomic E-state index is -0.255. The van der Waals surface area contributed by atoms with Gasteiger partial charge in [0.05, 0.1) is 0 Å². The van der Waals surface area contributed by atoms with Crippen molar-refractivity contribution in [1.29, 1.82) is 0 Å². The van der Waals surface area contributed by atoms with E-state index in [0.717, 1.165) is 5.56 Å². The van der Waals surface area contributed by atoms with Crippen LogP contribution in [0.1, 0.15) is 11.4 Å². The number of rotatable bonds is 2. The van der Waals surface area contributed by atoms with Gasteiger partial charge in [0, 0.05) is 6.42 Å². The lowest BCUT2D eigenvalue weighted by atomic mass is 10.1. The Kier molecular flexibility index (Phi) is 2.44. The lowest BCUT2D eigenvalue weighted by Crippen LogP contribution is -2.02. The first-order valence-corrected chi connectivity index (χ1v) is 5.57. The SMILES string of the molecule is Nc1cccc2nnc(Cc3cccc(F)c3)n12. The number of aromatic nitrogens is 3. The molecular formula is C13H11FN4. The molecule has 0 aliphatic carbocycles. The summed E-state index contributed by atoms with van der Waals surface area (Å²) in [5.74, 6) is 1.02. The average molecular weight is 242 g/mol. The topological polar surface area (TPSA) is 56.2 Å². The molecule has 0 fully saturated rings. The monoisotopic (exact) mass is 242 g/mol. The average Bonchev–Trinajstić information content (AvgIpc) is 2.74. The Morgan fingerprint density at radius 2 is 1.94 bits per heavy atom. The van der Waals surface area contributed by atoms with Gasteiger partial charge in [0.1, 0.15) is 17.5 Å². The van der Waals surface area contributed by atoms with Gasteiger partial charge in [-0.15, -0.1) is 10.2 Å². The van der Waals surface area contributed by atoms with Crippen molar-refractivity contribution in [3.05, 3.63) is 59.7 Å². The molecule has 0 aliphatic rings. The molecule has 2 N–H and O–H groups in total. The molecule has 0 bridgehead atoms. The van der Waals surface area contributed by atoms with Crippen molar-refractivity contribution in [2.75, 3.05) is 5.73 Å². The van der Waals surface area contributed by atoms with E-state index < -0.39 is 0 Å². The second kappa shape index (κ2) is 4.10. The number of fused-ring (bicyclic) bond motifs is 1. The highest BCUT2D eigenvalue weighted by atomic mass is 19.1. The maximum Gasteiger partial charge on any atom is 0.162 e. The van der Waals surface area contributed by atoms with E-state index in [1.165, 1.54) is 12.1 Å². The van der Waals surface area contributed by atoms with Crippen LogP contribution in [0.15, 0.2) is 42.5 Å². The summed E-state index contributed by atoms with van der Waals surface area (Å²) < 4.78 is 14.9. The zero-order chi connectivity index (χ0) is 12.5. The van der Waals surface area contributed by atoms with Crippen molar-refractivity contribution < 1.29 is 4.39 Å². The summed E-state index contributed by atoms with van der Waals surface area (Å²) in [6.45, 7) is 0. The van der Waals surface area contributed by atoms with Crippen LogP contribution in [0.4, 0.5) is 10.2 Å². The zero-order valence-electron chi connectivity index (χ0n) is 9.55. The van der Waals surface area contributed by atoms with Crippen molar-refractivity contribution in [3.63, 3.8) is 0 Å². The van der Waals surface area contributed by atoms with Crippen LogP contribution in [-0.4, -0.2) is 14.6 Å². The molecule has 90 valence electrons. The van der Waals surface area contributed by atoms with E-state index in [1.807, 2.05) is 18.2 Å². The van der Waals surface area contributed by atoms with Gasteiger partial charge in [-0.2, -0.15) is 0 Å². The van der Waals surface area contributed by atoms with Crippen LogP contribution in [0, 0.1) is 5.82 Å². The summed E-state index contributed by atoms with van der Waals surface area (Å²) in [7, 11) is 0. The Morgan fingerprint density at radius 3 is 2.78 bits per heavy atom. The molecule has 0 radical (unpaired) electrons. The number of nitrogens with zero attached hydrogens (tertiary/aromatic N) is 3. The van der Waals surface area contributed by atoms with Crippen LogP contribution in [0.3, 0.4) is 0 Å². The number of pyridine rings is 1. The second-order valence-corrected chi connectivity index (χ2v) is 4.07. The van der Waals surface area contributed by atoms with Gasteiger partial charge in [-0.3, -0.25) is 4.40 Å². The third-order valence-corrected chi connectivity index (χ3v) is 2.78. The fourth-order valence-electron chi connectivity index (χ4n) is 1.97. The Morgan fingerprint density at radius 1 is 1.11 bits per heavy atom. The van der Waals surface area contributed by atoms with Crippen LogP contribution >= 0.6 is 0 Å². The molecule has 0 atom stereocenters. The molecule has 0 saturated carbocycles. The number of nitrogen functional groups attached to an aromatic ring is 1. The van der Waals surface area contributed by atoms with Gasteiger partial charge in [0.25, 0.3) is 0 Å². The fourth-order valence-corrected chi connectivity index (χ4v) is 1.97. The maximum absolute atomic E-state index is 13.1. The van der Waals surface area contributed by atoms with Gasteiger partial charge in [0.15, 0.2) is 5.65 Å². The molecule has 5 heteroatoms. The summed E-state index contributed by atoms with van der Waals surface area (Å²) in [5.41, 5.74) is 7.43. The number of hydrogen-bond acceptors (Lipinski definition) is 3. The molecule has 0 unspecified atom stereocenters. The molecule has 3 aromatic rings. The molecule has 3 rings (SSSR count). The van der Waals surface area contributed by atoms with Gasteiger partial charge in [-0.05, 0) is 29.8 Å². The van der Waals surface area contributed by atoms with Crippen LogP contribution in [-0.2, 0) is 6.42 Å². The number of hydrogen-bond donors (Lipinski definition) is 1. The highest BCUT2D eigenvalue weighted by Crippen LogP contribution is 2.14. The van der Waals surface area contributed by atoms with Gasteiger partial charge in [-0.25, -0.2) is 4.39 Å². The Labute approximate surface area is 103 Å². The number of halogens is 1. The van der Waals surface area contributed by atoms with Crippen LogP contribution in [0.2, 0.25) is 0 Å². The number of benzene rings is 1. The largest absolute Gasteiger partial charge is 0.385 e. The highest BCUT2D eigenvalue weighted by Gasteiger charge is 2.08. The summed E-state index contributed by atoms with van der Waals surface area (Å²) in [4.78, 5) is 0. The van der Waals surface area contributed by atoms with Crippen molar-refractivity contribution >= 4 is 11.5 Å². The molecule has 0 spiro atoms. The standard InChI is InChI=1S/C13H11FN4/c14-10-4-1-3-9(7-10)8-13-17-16-12-6-2-5-11(15)18(12)13/h1-7H,8,15H2. The first kappa shape index (κ1) is 10.7. The fraction of sp³-hybridized carbons (Fsp3) is 0.0769. The van der Waals surface area contributed by atoms with E-state index in [0.29, 0.717) is 23.7 Å². The van der Waals surface area contributed by atoms with Gasteiger partial charge >= 0.3 is 0 Å². The minimum Gasteiger partial charge on any atom is -0.385 e. The molecule has 2 heterocycles. The number of anilines is 1. The van der Waals surface area contributed by atoms with Crippen molar-refractivity contribution in [2.45, 2.75) is 6.42 Å². The minimum absolute atomic E-state index is 0.255. The third-order valence-electron chi connectivity index (χ3n) is 2.78. The Hall–Kier alpha value is -2.43. The number of nitrogens with two attached hydrogens (primary N) is 1. The normalized spacial score (nSPS) is 10.9. The molecule has 0 aliphatic heterocycles. The van der Waals surface area contributed by atoms with E-state index in [4.69, 9.17) is 5.73 Å². The predicted octanol–water partition coefficient (Wildman–Crippen LogP) is 2.04. The lowest BCUT2D eigenvalue weighted by molar-refractivity contribution is 0.625. The molecule has 18 heavy (non-hydrogen) atoms. The molecule has 1 aromatic carbocycles. The van der Waals surface area contributed by atoms with Gasteiger partial charge < -0.3 is 5.73 Å².